The van der Waals surface area contributed by atoms with E-state index in [0.29, 0.717) is 33.3 Å². The molecule has 138 valence electrons. The molecule has 1 amide bonds. The molecule has 0 radical (unpaired) electrons. The molecule has 3 rings (SSSR count). The molecule has 0 fully saturated rings. The van der Waals surface area contributed by atoms with Crippen molar-refractivity contribution in [2.75, 3.05) is 18.9 Å². The molecule has 9 heteroatoms. The van der Waals surface area contributed by atoms with Gasteiger partial charge in [0.25, 0.3) is 10.0 Å². The first kappa shape index (κ1) is 18.6. The minimum Gasteiger partial charge on any atom is -0.441 e. The summed E-state index contributed by atoms with van der Waals surface area (Å²) in [6.45, 7) is 2.04. The van der Waals surface area contributed by atoms with Gasteiger partial charge in [-0.15, -0.1) is 11.3 Å². The molecule has 0 aliphatic heterocycles. The van der Waals surface area contributed by atoms with E-state index in [1.54, 1.807) is 42.6 Å². The van der Waals surface area contributed by atoms with Gasteiger partial charge < -0.3 is 9.73 Å². The van der Waals surface area contributed by atoms with Crippen molar-refractivity contribution in [1.82, 2.24) is 9.29 Å². The second-order valence-corrected chi connectivity index (χ2v) is 9.05. The van der Waals surface area contributed by atoms with Crippen LogP contribution >= 0.6 is 11.3 Å². The van der Waals surface area contributed by atoms with Gasteiger partial charge >= 0.3 is 0 Å². The number of anilines is 1. The van der Waals surface area contributed by atoms with E-state index in [1.165, 1.54) is 22.7 Å². The molecule has 0 spiro atoms. The predicted molar refractivity (Wildman–Crippen MR) is 101 cm³/mol. The molecule has 0 aliphatic carbocycles. The molecule has 0 saturated carbocycles. The highest BCUT2D eigenvalue weighted by Gasteiger charge is 2.21. The number of fused-ring (bicyclic) bond motifs is 1. The van der Waals surface area contributed by atoms with Gasteiger partial charge in [-0.1, -0.05) is 6.07 Å². The van der Waals surface area contributed by atoms with Gasteiger partial charge in [0.2, 0.25) is 5.91 Å². The van der Waals surface area contributed by atoms with E-state index in [4.69, 9.17) is 4.42 Å². The van der Waals surface area contributed by atoms with Crippen molar-refractivity contribution in [2.45, 2.75) is 24.0 Å². The Kier molecular flexibility index (Phi) is 5.40. The van der Waals surface area contributed by atoms with Crippen LogP contribution in [0, 0.1) is 6.92 Å². The smallest absolute Gasteiger partial charge is 0.252 e. The molecule has 2 heterocycles. The summed E-state index contributed by atoms with van der Waals surface area (Å²) >= 11 is 1.18. The fraction of sp³-hybridized carbons (Fsp3) is 0.294. The number of nitrogens with one attached hydrogen (secondary N) is 1. The Balaban J connectivity index is 1.52. The number of hydrogen-bond acceptors (Lipinski definition) is 6. The third kappa shape index (κ3) is 4.12. The average Bonchev–Trinajstić information content (AvgIpc) is 3.23. The molecule has 3 aromatic rings. The van der Waals surface area contributed by atoms with Crippen molar-refractivity contribution in [3.05, 3.63) is 41.6 Å². The number of rotatable bonds is 7. The number of carbonyl (C=O) groups excluding carboxylic acids is 1. The molecule has 7 nitrogen and oxygen atoms in total. The van der Waals surface area contributed by atoms with Crippen LogP contribution in [0.15, 0.2) is 44.3 Å². The Bertz CT molecular complexity index is 1010. The van der Waals surface area contributed by atoms with Crippen LogP contribution in [0.4, 0.5) is 5.69 Å². The number of carbonyl (C=O) groups is 1. The molecule has 0 bridgehead atoms. The number of thiophene rings is 1. The van der Waals surface area contributed by atoms with Crippen LogP contribution in [0.3, 0.4) is 0 Å². The van der Waals surface area contributed by atoms with Crippen molar-refractivity contribution in [1.29, 1.82) is 0 Å². The fourth-order valence-corrected chi connectivity index (χ4v) is 4.90. The second kappa shape index (κ2) is 7.56. The number of hydrogen-bond donors (Lipinski definition) is 1. The van der Waals surface area contributed by atoms with Gasteiger partial charge in [0.1, 0.15) is 9.73 Å². The molecular formula is C17H19N3O4S2. The van der Waals surface area contributed by atoms with Crippen LogP contribution in [0.5, 0.6) is 0 Å². The molecule has 26 heavy (non-hydrogen) atoms. The minimum atomic E-state index is -3.47. The summed E-state index contributed by atoms with van der Waals surface area (Å²) in [5, 5.41) is 4.52. The molecule has 1 aromatic carbocycles. The number of amides is 1. The van der Waals surface area contributed by atoms with Crippen LogP contribution in [-0.2, 0) is 14.8 Å². The number of benzene rings is 1. The average molecular weight is 393 g/mol. The van der Waals surface area contributed by atoms with Gasteiger partial charge in [-0.25, -0.2) is 17.7 Å². The quantitative estimate of drug-likeness (QED) is 0.665. The number of aryl methyl sites for hydroxylation is 1. The molecule has 2 aromatic heterocycles. The summed E-state index contributed by atoms with van der Waals surface area (Å²) in [6.07, 6.45) is 0.651. The molecule has 0 aliphatic rings. The summed E-state index contributed by atoms with van der Waals surface area (Å²) in [7, 11) is -1.95. The highest BCUT2D eigenvalue weighted by Crippen LogP contribution is 2.21. The number of aromatic nitrogens is 1. The van der Waals surface area contributed by atoms with Gasteiger partial charge in [0.05, 0.1) is 0 Å². The Morgan fingerprint density at radius 2 is 2.15 bits per heavy atom. The first-order valence-electron chi connectivity index (χ1n) is 8.03. The fourth-order valence-electron chi connectivity index (χ4n) is 2.49. The Labute approximate surface area is 155 Å². The number of oxazole rings is 1. The van der Waals surface area contributed by atoms with Crippen molar-refractivity contribution in [3.8, 4) is 0 Å². The lowest BCUT2D eigenvalue weighted by molar-refractivity contribution is -0.116. The van der Waals surface area contributed by atoms with E-state index >= 15 is 0 Å². The topological polar surface area (TPSA) is 92.5 Å². The predicted octanol–water partition coefficient (Wildman–Crippen LogP) is 3.24. The molecular weight excluding hydrogens is 374 g/mol. The highest BCUT2D eigenvalue weighted by atomic mass is 32.2. The lowest BCUT2D eigenvalue weighted by atomic mass is 10.2. The minimum absolute atomic E-state index is 0.175. The first-order valence-corrected chi connectivity index (χ1v) is 10.3. The zero-order chi connectivity index (χ0) is 18.7. The van der Waals surface area contributed by atoms with E-state index in [0.717, 1.165) is 0 Å². The standard InChI is InChI=1S/C17H19N3O4S2/c1-12-18-14-11-13(7-8-15(14)24-12)19-16(21)5-3-9-20(2)26(22,23)17-6-4-10-25-17/h4,6-8,10-11H,3,5,9H2,1-2H3,(H,19,21). The molecule has 0 atom stereocenters. The lowest BCUT2D eigenvalue weighted by Crippen LogP contribution is -2.28. The summed E-state index contributed by atoms with van der Waals surface area (Å²) in [5.41, 5.74) is 1.98. The molecule has 0 unspecified atom stereocenters. The second-order valence-electron chi connectivity index (χ2n) is 5.83. The Morgan fingerprint density at radius 1 is 1.35 bits per heavy atom. The summed E-state index contributed by atoms with van der Waals surface area (Å²) in [6, 6.07) is 8.53. The molecule has 0 saturated heterocycles. The monoisotopic (exact) mass is 393 g/mol. The highest BCUT2D eigenvalue weighted by molar-refractivity contribution is 7.91. The normalized spacial score (nSPS) is 12.0. The summed E-state index contributed by atoms with van der Waals surface area (Å²) in [4.78, 5) is 16.3. The summed E-state index contributed by atoms with van der Waals surface area (Å²) in [5.74, 6) is 0.393. The van der Waals surface area contributed by atoms with Gasteiger partial charge in [0, 0.05) is 32.6 Å². The zero-order valence-corrected chi connectivity index (χ0v) is 16.1. The van der Waals surface area contributed by atoms with Crippen LogP contribution in [0.1, 0.15) is 18.7 Å². The van der Waals surface area contributed by atoms with Crippen molar-refractivity contribution in [2.24, 2.45) is 0 Å². The van der Waals surface area contributed by atoms with Crippen LogP contribution in [0.25, 0.3) is 11.1 Å². The summed E-state index contributed by atoms with van der Waals surface area (Å²) < 4.78 is 31.6. The van der Waals surface area contributed by atoms with Crippen LogP contribution in [0.2, 0.25) is 0 Å². The molecule has 1 N–H and O–H groups in total. The van der Waals surface area contributed by atoms with E-state index < -0.39 is 10.0 Å². The SMILES string of the molecule is Cc1nc2cc(NC(=O)CCCN(C)S(=O)(=O)c3cccs3)ccc2o1. The largest absolute Gasteiger partial charge is 0.441 e. The van der Waals surface area contributed by atoms with Crippen molar-refractivity contribution in [3.63, 3.8) is 0 Å². The zero-order valence-electron chi connectivity index (χ0n) is 14.4. The Hall–Kier alpha value is -2.23. The van der Waals surface area contributed by atoms with Crippen molar-refractivity contribution < 1.29 is 17.6 Å². The van der Waals surface area contributed by atoms with Gasteiger partial charge in [-0.3, -0.25) is 4.79 Å². The number of sulfonamides is 1. The van der Waals surface area contributed by atoms with Gasteiger partial charge in [-0.2, -0.15) is 0 Å². The maximum atomic E-state index is 12.3. The van der Waals surface area contributed by atoms with E-state index in [-0.39, 0.29) is 18.9 Å². The van der Waals surface area contributed by atoms with Gasteiger partial charge in [-0.05, 0) is 36.1 Å². The van der Waals surface area contributed by atoms with Gasteiger partial charge in [0.15, 0.2) is 11.5 Å². The van der Waals surface area contributed by atoms with Crippen LogP contribution in [-0.4, -0.2) is 37.2 Å². The van der Waals surface area contributed by atoms with Crippen molar-refractivity contribution >= 4 is 44.1 Å². The van der Waals surface area contributed by atoms with E-state index in [2.05, 4.69) is 10.3 Å². The Morgan fingerprint density at radius 3 is 2.88 bits per heavy atom. The third-order valence-corrected chi connectivity index (χ3v) is 7.04. The maximum Gasteiger partial charge on any atom is 0.252 e. The van der Waals surface area contributed by atoms with E-state index in [9.17, 15) is 13.2 Å². The number of nitrogens with zero attached hydrogens (tertiary/aromatic N) is 2. The maximum absolute atomic E-state index is 12.3. The van der Waals surface area contributed by atoms with Crippen LogP contribution < -0.4 is 5.32 Å². The van der Waals surface area contributed by atoms with E-state index in [1.807, 2.05) is 0 Å². The first-order chi connectivity index (χ1) is 12.4. The lowest BCUT2D eigenvalue weighted by Gasteiger charge is -2.15. The third-order valence-electron chi connectivity index (χ3n) is 3.81.